The van der Waals surface area contributed by atoms with Gasteiger partial charge in [-0.2, -0.15) is 0 Å². The zero-order chi connectivity index (χ0) is 17.2. The minimum absolute atomic E-state index is 0.0903. The van der Waals surface area contributed by atoms with Gasteiger partial charge in [-0.1, -0.05) is 44.2 Å². The largest absolute Gasteiger partial charge is 0.371 e. The minimum atomic E-state index is 0.0903. The molecule has 3 aliphatic carbocycles. The summed E-state index contributed by atoms with van der Waals surface area (Å²) in [7, 11) is 1.87. The molecule has 3 fully saturated rings. The lowest BCUT2D eigenvalue weighted by Gasteiger charge is -2.60. The maximum Gasteiger partial charge on any atom is 0.248 e. The molecule has 0 N–H and O–H groups in total. The fourth-order valence-electron chi connectivity index (χ4n) is 4.64. The van der Waals surface area contributed by atoms with Crippen molar-refractivity contribution in [2.45, 2.75) is 39.5 Å². The van der Waals surface area contributed by atoms with E-state index in [1.54, 1.807) is 4.90 Å². The highest BCUT2D eigenvalue weighted by atomic mass is 16.5. The van der Waals surface area contributed by atoms with Gasteiger partial charge in [-0.3, -0.25) is 4.79 Å². The summed E-state index contributed by atoms with van der Waals surface area (Å²) < 4.78 is 5.81. The van der Waals surface area contributed by atoms with E-state index >= 15 is 0 Å². The lowest BCUT2D eigenvalue weighted by atomic mass is 9.46. The molecular formula is C21H31NO2. The Labute approximate surface area is 146 Å². The summed E-state index contributed by atoms with van der Waals surface area (Å²) in [6, 6.07) is 10.3. The van der Waals surface area contributed by atoms with Gasteiger partial charge in [0.2, 0.25) is 5.91 Å². The summed E-state index contributed by atoms with van der Waals surface area (Å²) in [5, 5.41) is 0. The Morgan fingerprint density at radius 2 is 2.00 bits per heavy atom. The van der Waals surface area contributed by atoms with Crippen molar-refractivity contribution >= 4 is 5.91 Å². The molecule has 0 aliphatic heterocycles. The Kier molecular flexibility index (Phi) is 5.29. The van der Waals surface area contributed by atoms with Crippen molar-refractivity contribution in [2.24, 2.45) is 23.2 Å². The van der Waals surface area contributed by atoms with E-state index in [0.29, 0.717) is 11.3 Å². The second-order valence-electron chi connectivity index (χ2n) is 8.26. The molecule has 24 heavy (non-hydrogen) atoms. The van der Waals surface area contributed by atoms with Crippen LogP contribution < -0.4 is 0 Å². The molecule has 2 bridgehead atoms. The van der Waals surface area contributed by atoms with E-state index in [4.69, 9.17) is 4.74 Å². The summed E-state index contributed by atoms with van der Waals surface area (Å²) in [6.07, 6.45) is 4.87. The third-order valence-corrected chi connectivity index (χ3v) is 6.56. The number of rotatable bonds is 7. The summed E-state index contributed by atoms with van der Waals surface area (Å²) in [5.41, 5.74) is 1.75. The monoisotopic (exact) mass is 329 g/mol. The Morgan fingerprint density at radius 1 is 1.25 bits per heavy atom. The number of carbonyl (C=O) groups excluding carboxylic acids is 1. The molecule has 1 amide bonds. The van der Waals surface area contributed by atoms with E-state index in [1.807, 2.05) is 25.2 Å². The maximum atomic E-state index is 12.2. The number of hydrogen-bond acceptors (Lipinski definition) is 2. The van der Waals surface area contributed by atoms with Crippen molar-refractivity contribution in [3.8, 4) is 0 Å². The first-order chi connectivity index (χ1) is 11.5. The fourth-order valence-corrected chi connectivity index (χ4v) is 4.64. The Balaban J connectivity index is 1.36. The van der Waals surface area contributed by atoms with Gasteiger partial charge in [-0.15, -0.1) is 0 Å². The first-order valence-corrected chi connectivity index (χ1v) is 9.34. The molecule has 0 saturated heterocycles. The van der Waals surface area contributed by atoms with E-state index in [9.17, 15) is 4.79 Å². The molecule has 132 valence electrons. The number of likely N-dealkylation sites (N-methyl/N-ethyl adjacent to an activating group) is 1. The van der Waals surface area contributed by atoms with E-state index in [1.165, 1.54) is 24.8 Å². The molecule has 4 rings (SSSR count). The van der Waals surface area contributed by atoms with Crippen molar-refractivity contribution in [1.29, 1.82) is 0 Å². The first kappa shape index (κ1) is 17.5. The van der Waals surface area contributed by atoms with E-state index in [-0.39, 0.29) is 12.5 Å². The third kappa shape index (κ3) is 3.66. The van der Waals surface area contributed by atoms with Gasteiger partial charge in [0.1, 0.15) is 6.61 Å². The molecule has 1 aromatic carbocycles. The molecule has 0 aromatic heterocycles. The van der Waals surface area contributed by atoms with Crippen LogP contribution in [-0.4, -0.2) is 37.6 Å². The van der Waals surface area contributed by atoms with Crippen LogP contribution in [0.2, 0.25) is 0 Å². The zero-order valence-electron chi connectivity index (χ0n) is 15.3. The summed E-state index contributed by atoms with van der Waals surface area (Å²) in [5.74, 6) is 2.45. The highest BCUT2D eigenvalue weighted by Crippen LogP contribution is 2.61. The Morgan fingerprint density at radius 3 is 2.67 bits per heavy atom. The number of nitrogens with zero attached hydrogens (tertiary/aromatic N) is 1. The average Bonchev–Trinajstić information content (AvgIpc) is 2.60. The molecule has 3 heteroatoms. The van der Waals surface area contributed by atoms with Gasteiger partial charge in [0.25, 0.3) is 0 Å². The molecule has 3 nitrogen and oxygen atoms in total. The highest BCUT2D eigenvalue weighted by molar-refractivity contribution is 5.77. The van der Waals surface area contributed by atoms with Crippen molar-refractivity contribution < 1.29 is 9.53 Å². The molecule has 3 saturated carbocycles. The lowest BCUT2D eigenvalue weighted by Crippen LogP contribution is -2.53. The van der Waals surface area contributed by atoms with Crippen LogP contribution in [-0.2, 0) is 16.0 Å². The van der Waals surface area contributed by atoms with Crippen molar-refractivity contribution in [3.05, 3.63) is 35.9 Å². The van der Waals surface area contributed by atoms with Crippen LogP contribution in [0, 0.1) is 23.2 Å². The Hall–Kier alpha value is -1.35. The van der Waals surface area contributed by atoms with Gasteiger partial charge in [0, 0.05) is 13.6 Å². The third-order valence-electron chi connectivity index (χ3n) is 6.56. The normalized spacial score (nSPS) is 27.4. The quantitative estimate of drug-likeness (QED) is 0.762. The molecule has 1 aromatic rings. The maximum absolute atomic E-state index is 12.2. The van der Waals surface area contributed by atoms with Crippen molar-refractivity contribution in [1.82, 2.24) is 4.90 Å². The van der Waals surface area contributed by atoms with Gasteiger partial charge < -0.3 is 9.64 Å². The van der Waals surface area contributed by atoms with Crippen LogP contribution in [0.4, 0.5) is 0 Å². The second kappa shape index (κ2) is 7.26. The molecule has 0 unspecified atom stereocenters. The van der Waals surface area contributed by atoms with Gasteiger partial charge in [0.15, 0.2) is 0 Å². The number of hydrogen-bond donors (Lipinski definition) is 0. The second-order valence-corrected chi connectivity index (χ2v) is 8.26. The van der Waals surface area contributed by atoms with Gasteiger partial charge in [0.05, 0.1) is 6.61 Å². The predicted octanol–water partition coefficient (Wildman–Crippen LogP) is 3.78. The summed E-state index contributed by atoms with van der Waals surface area (Å²) in [4.78, 5) is 14.0. The van der Waals surface area contributed by atoms with Crippen molar-refractivity contribution in [2.75, 3.05) is 26.8 Å². The predicted molar refractivity (Wildman–Crippen MR) is 96.7 cm³/mol. The molecular weight excluding hydrogens is 298 g/mol. The van der Waals surface area contributed by atoms with Crippen molar-refractivity contribution in [3.63, 3.8) is 0 Å². The Bertz CT molecular complexity index is 552. The SMILES string of the molecule is CN(CCc1ccccc1)C(=O)COC[C@H]1CC[C@H]2C[C@@H]1C2(C)C. The van der Waals surface area contributed by atoms with Crippen LogP contribution in [0.5, 0.6) is 0 Å². The number of ether oxygens (including phenoxy) is 1. The standard InChI is InChI=1S/C21H31NO2/c1-21(2)18-10-9-17(19(21)13-18)14-24-15-20(23)22(3)12-11-16-7-5-4-6-8-16/h4-8,17-19H,9-15H2,1-3H3/t17-,18+,19+/m1/s1. The number of fused-ring (bicyclic) bond motifs is 2. The van der Waals surface area contributed by atoms with Gasteiger partial charge in [-0.25, -0.2) is 0 Å². The summed E-state index contributed by atoms with van der Waals surface area (Å²) >= 11 is 0. The van der Waals surface area contributed by atoms with Crippen LogP contribution in [0.1, 0.15) is 38.7 Å². The average molecular weight is 329 g/mol. The molecule has 3 aliphatic rings. The summed E-state index contributed by atoms with van der Waals surface area (Å²) in [6.45, 7) is 6.52. The number of carbonyl (C=O) groups is 1. The van der Waals surface area contributed by atoms with E-state index in [0.717, 1.165) is 31.4 Å². The lowest BCUT2D eigenvalue weighted by molar-refractivity contribution is -0.142. The van der Waals surface area contributed by atoms with Crippen LogP contribution in [0.25, 0.3) is 0 Å². The van der Waals surface area contributed by atoms with Crippen LogP contribution in [0.15, 0.2) is 30.3 Å². The van der Waals surface area contributed by atoms with Gasteiger partial charge in [-0.05, 0) is 54.4 Å². The van der Waals surface area contributed by atoms with Crippen LogP contribution in [0.3, 0.4) is 0 Å². The molecule has 0 spiro atoms. The highest BCUT2D eigenvalue weighted by Gasteiger charge is 2.53. The first-order valence-electron chi connectivity index (χ1n) is 9.34. The number of amides is 1. The fraction of sp³-hybridized carbons (Fsp3) is 0.667. The minimum Gasteiger partial charge on any atom is -0.371 e. The van der Waals surface area contributed by atoms with E-state index < -0.39 is 0 Å². The molecule has 0 heterocycles. The smallest absolute Gasteiger partial charge is 0.248 e. The molecule has 0 radical (unpaired) electrons. The zero-order valence-corrected chi connectivity index (χ0v) is 15.3. The topological polar surface area (TPSA) is 29.5 Å². The van der Waals surface area contributed by atoms with E-state index in [2.05, 4.69) is 26.0 Å². The van der Waals surface area contributed by atoms with Crippen LogP contribution >= 0.6 is 0 Å². The molecule has 3 atom stereocenters. The number of benzene rings is 1. The van der Waals surface area contributed by atoms with Gasteiger partial charge >= 0.3 is 0 Å².